The topological polar surface area (TPSA) is 28.2 Å². The molecule has 2 rings (SSSR count). The summed E-state index contributed by atoms with van der Waals surface area (Å²) < 4.78 is 0. The van der Waals surface area contributed by atoms with Gasteiger partial charge in [-0.1, -0.05) is 12.8 Å². The normalized spacial score (nSPS) is 16.6. The summed E-state index contributed by atoms with van der Waals surface area (Å²) in [5.41, 5.74) is 2.75. The lowest BCUT2D eigenvalue weighted by molar-refractivity contribution is 0.424. The fraction of sp³-hybridized carbons (Fsp3) is 0.706. The summed E-state index contributed by atoms with van der Waals surface area (Å²) in [4.78, 5) is 6.71. The molecule has 0 bridgehead atoms. The van der Waals surface area contributed by atoms with Crippen LogP contribution in [0.1, 0.15) is 52.0 Å². The molecule has 1 aromatic rings. The molecule has 0 radical (unpaired) electrons. The molecule has 0 unspecified atom stereocenters. The third kappa shape index (κ3) is 4.48. The molecule has 1 aliphatic rings. The van der Waals surface area contributed by atoms with E-state index in [4.69, 9.17) is 0 Å². The second-order valence-corrected chi connectivity index (χ2v) is 7.14. The van der Waals surface area contributed by atoms with Crippen molar-refractivity contribution in [1.82, 2.24) is 10.3 Å². The second-order valence-electron chi connectivity index (χ2n) is 7.14. The van der Waals surface area contributed by atoms with Crippen molar-refractivity contribution in [2.75, 3.05) is 18.5 Å². The summed E-state index contributed by atoms with van der Waals surface area (Å²) in [5, 5.41) is 3.56. The molecular formula is C17H29N3. The Labute approximate surface area is 123 Å². The summed E-state index contributed by atoms with van der Waals surface area (Å²) in [6.07, 6.45) is 9.51. The van der Waals surface area contributed by atoms with Gasteiger partial charge in [-0.3, -0.25) is 4.98 Å². The lowest BCUT2D eigenvalue weighted by Crippen LogP contribution is -2.35. The highest BCUT2D eigenvalue weighted by Crippen LogP contribution is 2.28. The molecule has 0 amide bonds. The van der Waals surface area contributed by atoms with Crippen LogP contribution in [0, 0.1) is 5.92 Å². The van der Waals surface area contributed by atoms with Crippen molar-refractivity contribution in [2.45, 2.75) is 58.5 Å². The van der Waals surface area contributed by atoms with Crippen molar-refractivity contribution in [3.63, 3.8) is 0 Å². The minimum Gasteiger partial charge on any atom is -0.374 e. The van der Waals surface area contributed by atoms with E-state index in [1.165, 1.54) is 43.5 Å². The van der Waals surface area contributed by atoms with Gasteiger partial charge in [0.15, 0.2) is 0 Å². The molecule has 1 fully saturated rings. The monoisotopic (exact) mass is 275 g/mol. The molecule has 112 valence electrons. The van der Waals surface area contributed by atoms with Gasteiger partial charge in [-0.05, 0) is 45.6 Å². The highest BCUT2D eigenvalue weighted by molar-refractivity contribution is 5.51. The van der Waals surface area contributed by atoms with E-state index in [1.807, 2.05) is 12.4 Å². The third-order valence-electron chi connectivity index (χ3n) is 4.11. The van der Waals surface area contributed by atoms with Crippen molar-refractivity contribution < 1.29 is 0 Å². The average molecular weight is 275 g/mol. The van der Waals surface area contributed by atoms with Gasteiger partial charge in [0.2, 0.25) is 0 Å². The van der Waals surface area contributed by atoms with Crippen molar-refractivity contribution in [3.05, 3.63) is 24.0 Å². The van der Waals surface area contributed by atoms with Crippen LogP contribution < -0.4 is 10.2 Å². The number of aromatic nitrogens is 1. The van der Waals surface area contributed by atoms with Crippen LogP contribution in [0.2, 0.25) is 0 Å². The summed E-state index contributed by atoms with van der Waals surface area (Å²) in [6.45, 7) is 8.65. The number of rotatable bonds is 5. The summed E-state index contributed by atoms with van der Waals surface area (Å²) in [6, 6.07) is 2.15. The van der Waals surface area contributed by atoms with Crippen LogP contribution in [-0.2, 0) is 6.54 Å². The molecule has 0 aromatic carbocycles. The van der Waals surface area contributed by atoms with E-state index >= 15 is 0 Å². The fourth-order valence-electron chi connectivity index (χ4n) is 2.97. The van der Waals surface area contributed by atoms with E-state index < -0.39 is 0 Å². The van der Waals surface area contributed by atoms with Crippen molar-refractivity contribution in [3.8, 4) is 0 Å². The molecule has 3 nitrogen and oxygen atoms in total. The fourth-order valence-corrected chi connectivity index (χ4v) is 2.97. The molecular weight excluding hydrogens is 246 g/mol. The summed E-state index contributed by atoms with van der Waals surface area (Å²) in [7, 11) is 2.22. The van der Waals surface area contributed by atoms with Crippen molar-refractivity contribution in [1.29, 1.82) is 0 Å². The van der Waals surface area contributed by atoms with E-state index in [2.05, 4.69) is 49.1 Å². The zero-order chi connectivity index (χ0) is 14.6. The van der Waals surface area contributed by atoms with Gasteiger partial charge in [-0.15, -0.1) is 0 Å². The minimum atomic E-state index is 0.136. The number of nitrogens with one attached hydrogen (secondary N) is 1. The molecule has 3 heteroatoms. The van der Waals surface area contributed by atoms with E-state index in [9.17, 15) is 0 Å². The zero-order valence-electron chi connectivity index (χ0n) is 13.4. The number of hydrogen-bond acceptors (Lipinski definition) is 3. The summed E-state index contributed by atoms with van der Waals surface area (Å²) in [5.74, 6) is 0.872. The minimum absolute atomic E-state index is 0.136. The van der Waals surface area contributed by atoms with Gasteiger partial charge in [-0.25, -0.2) is 0 Å². The number of nitrogens with zero attached hydrogens (tertiary/aromatic N) is 2. The smallest absolute Gasteiger partial charge is 0.0440 e. The average Bonchev–Trinajstić information content (AvgIpc) is 2.88. The quantitative estimate of drug-likeness (QED) is 0.890. The largest absolute Gasteiger partial charge is 0.374 e. The second kappa shape index (κ2) is 6.57. The summed E-state index contributed by atoms with van der Waals surface area (Å²) >= 11 is 0. The lowest BCUT2D eigenvalue weighted by atomic mass is 10.1. The van der Waals surface area contributed by atoms with E-state index in [0.29, 0.717) is 0 Å². The standard InChI is InChI=1S/C17H29N3/c1-17(2,3)19-12-15-11-18-10-9-16(15)20(4)13-14-7-5-6-8-14/h9-11,14,19H,5-8,12-13H2,1-4H3. The van der Waals surface area contributed by atoms with Crippen LogP contribution >= 0.6 is 0 Å². The van der Waals surface area contributed by atoms with Crippen LogP contribution in [0.4, 0.5) is 5.69 Å². The van der Waals surface area contributed by atoms with Crippen molar-refractivity contribution >= 4 is 5.69 Å². The highest BCUT2D eigenvalue weighted by atomic mass is 15.1. The molecule has 0 saturated heterocycles. The first-order valence-electron chi connectivity index (χ1n) is 7.85. The Morgan fingerprint density at radius 1 is 1.30 bits per heavy atom. The van der Waals surface area contributed by atoms with Gasteiger partial charge in [-0.2, -0.15) is 0 Å². The number of hydrogen-bond donors (Lipinski definition) is 1. The van der Waals surface area contributed by atoms with Crippen molar-refractivity contribution in [2.24, 2.45) is 5.92 Å². The zero-order valence-corrected chi connectivity index (χ0v) is 13.4. The Balaban J connectivity index is 2.02. The first-order valence-corrected chi connectivity index (χ1v) is 7.85. The predicted octanol–water partition coefficient (Wildman–Crippen LogP) is 3.60. The van der Waals surface area contributed by atoms with Crippen LogP contribution in [0.15, 0.2) is 18.5 Å². The van der Waals surface area contributed by atoms with Gasteiger partial charge in [0, 0.05) is 49.3 Å². The van der Waals surface area contributed by atoms with Crippen LogP contribution in [0.25, 0.3) is 0 Å². The van der Waals surface area contributed by atoms with Gasteiger partial charge < -0.3 is 10.2 Å². The Bertz CT molecular complexity index is 416. The van der Waals surface area contributed by atoms with E-state index in [0.717, 1.165) is 12.5 Å². The van der Waals surface area contributed by atoms with Crippen LogP contribution in [0.5, 0.6) is 0 Å². The first kappa shape index (κ1) is 15.3. The maximum Gasteiger partial charge on any atom is 0.0440 e. The maximum absolute atomic E-state index is 4.29. The molecule has 1 aliphatic carbocycles. The number of pyridine rings is 1. The van der Waals surface area contributed by atoms with Gasteiger partial charge in [0.25, 0.3) is 0 Å². The molecule has 20 heavy (non-hydrogen) atoms. The Morgan fingerprint density at radius 2 is 2.00 bits per heavy atom. The van der Waals surface area contributed by atoms with E-state index in [1.54, 1.807) is 0 Å². The molecule has 1 N–H and O–H groups in total. The predicted molar refractivity (Wildman–Crippen MR) is 86.1 cm³/mol. The SMILES string of the molecule is CN(CC1CCCC1)c1ccncc1CNC(C)(C)C. The van der Waals surface area contributed by atoms with E-state index in [-0.39, 0.29) is 5.54 Å². The molecule has 1 saturated carbocycles. The Morgan fingerprint density at radius 3 is 2.65 bits per heavy atom. The molecule has 0 aliphatic heterocycles. The Hall–Kier alpha value is -1.09. The number of anilines is 1. The molecule has 0 atom stereocenters. The maximum atomic E-state index is 4.29. The van der Waals surface area contributed by atoms with Crippen LogP contribution in [0.3, 0.4) is 0 Å². The van der Waals surface area contributed by atoms with Gasteiger partial charge in [0.1, 0.15) is 0 Å². The highest BCUT2D eigenvalue weighted by Gasteiger charge is 2.18. The molecule has 1 heterocycles. The third-order valence-corrected chi connectivity index (χ3v) is 4.11. The van der Waals surface area contributed by atoms with Crippen LogP contribution in [-0.4, -0.2) is 24.1 Å². The lowest BCUT2D eigenvalue weighted by Gasteiger charge is -2.27. The molecule has 0 spiro atoms. The molecule has 1 aromatic heterocycles. The van der Waals surface area contributed by atoms with Gasteiger partial charge >= 0.3 is 0 Å². The van der Waals surface area contributed by atoms with Gasteiger partial charge in [0.05, 0.1) is 0 Å². The first-order chi connectivity index (χ1) is 9.46. The Kier molecular flexibility index (Phi) is 5.03.